The average molecular weight is 266 g/mol. The first-order chi connectivity index (χ1) is 9.09. The fraction of sp³-hybridized carbons (Fsp3) is 0.933. The maximum absolute atomic E-state index is 9.29. The van der Waals surface area contributed by atoms with E-state index < -0.39 is 0 Å². The zero-order chi connectivity index (χ0) is 14.1. The van der Waals surface area contributed by atoms with Gasteiger partial charge in [0, 0.05) is 19.6 Å². The molecular weight excluding hydrogens is 236 g/mol. The molecule has 4 heteroatoms. The number of nitriles is 1. The molecule has 0 bridgehead atoms. The summed E-state index contributed by atoms with van der Waals surface area (Å²) in [7, 11) is 2.16. The van der Waals surface area contributed by atoms with Crippen LogP contribution in [0.3, 0.4) is 0 Å². The van der Waals surface area contributed by atoms with E-state index in [2.05, 4.69) is 35.2 Å². The van der Waals surface area contributed by atoms with Gasteiger partial charge in [0.1, 0.15) is 5.54 Å². The van der Waals surface area contributed by atoms with E-state index in [-0.39, 0.29) is 5.54 Å². The summed E-state index contributed by atoms with van der Waals surface area (Å²) in [6.45, 7) is 10.8. The fourth-order valence-electron chi connectivity index (χ4n) is 2.43. The van der Waals surface area contributed by atoms with Gasteiger partial charge in [0.05, 0.1) is 6.07 Å². The van der Waals surface area contributed by atoms with E-state index in [1.54, 1.807) is 0 Å². The van der Waals surface area contributed by atoms with Gasteiger partial charge in [-0.2, -0.15) is 5.26 Å². The molecule has 0 spiro atoms. The van der Waals surface area contributed by atoms with Crippen LogP contribution in [0.15, 0.2) is 0 Å². The van der Waals surface area contributed by atoms with Crippen LogP contribution in [0, 0.1) is 11.3 Å². The van der Waals surface area contributed by atoms with Gasteiger partial charge >= 0.3 is 0 Å². The first-order valence-electron chi connectivity index (χ1n) is 7.67. The van der Waals surface area contributed by atoms with Crippen LogP contribution in [0.4, 0.5) is 0 Å². The Kier molecular flexibility index (Phi) is 7.37. The van der Waals surface area contributed by atoms with Crippen molar-refractivity contribution in [2.24, 2.45) is 0 Å². The molecule has 0 radical (unpaired) electrons. The summed E-state index contributed by atoms with van der Waals surface area (Å²) < 4.78 is 0. The predicted molar refractivity (Wildman–Crippen MR) is 80.1 cm³/mol. The third-order valence-electron chi connectivity index (χ3n) is 4.00. The van der Waals surface area contributed by atoms with E-state index in [1.165, 1.54) is 32.5 Å². The van der Waals surface area contributed by atoms with Gasteiger partial charge in [-0.15, -0.1) is 0 Å². The number of nitrogens with one attached hydrogen (secondary N) is 1. The third-order valence-corrected chi connectivity index (χ3v) is 4.00. The van der Waals surface area contributed by atoms with Crippen LogP contribution in [0.1, 0.15) is 39.5 Å². The quantitative estimate of drug-likeness (QED) is 0.689. The normalized spacial score (nSPS) is 19.5. The molecule has 1 fully saturated rings. The maximum Gasteiger partial charge on any atom is 0.105 e. The molecule has 1 unspecified atom stereocenters. The molecule has 110 valence electrons. The van der Waals surface area contributed by atoms with Gasteiger partial charge in [-0.1, -0.05) is 6.92 Å². The third kappa shape index (κ3) is 6.38. The van der Waals surface area contributed by atoms with E-state index in [0.29, 0.717) is 0 Å². The Morgan fingerprint density at radius 2 is 2.00 bits per heavy atom. The summed E-state index contributed by atoms with van der Waals surface area (Å²) in [6, 6.07) is 2.42. The largest absolute Gasteiger partial charge is 0.305 e. The SMILES string of the molecule is CCCNC(C)(C#N)CCN(C)CCN1CCCC1. The summed E-state index contributed by atoms with van der Waals surface area (Å²) in [5, 5.41) is 12.6. The van der Waals surface area contributed by atoms with Crippen LogP contribution in [-0.2, 0) is 0 Å². The van der Waals surface area contributed by atoms with Crippen LogP contribution in [0.25, 0.3) is 0 Å². The van der Waals surface area contributed by atoms with Gasteiger partial charge in [-0.3, -0.25) is 5.32 Å². The molecule has 0 saturated carbocycles. The minimum Gasteiger partial charge on any atom is -0.305 e. The second-order valence-electron chi connectivity index (χ2n) is 5.97. The second kappa shape index (κ2) is 8.52. The number of rotatable bonds is 9. The molecule has 1 atom stereocenters. The fourth-order valence-corrected chi connectivity index (χ4v) is 2.43. The molecule has 1 aliphatic rings. The standard InChI is InChI=1S/C15H30N4/c1-4-8-17-15(2,14-16)7-11-18(3)12-13-19-9-5-6-10-19/h17H,4-13H2,1-3H3. The number of hydrogen-bond donors (Lipinski definition) is 1. The topological polar surface area (TPSA) is 42.3 Å². The van der Waals surface area contributed by atoms with E-state index in [4.69, 9.17) is 0 Å². The maximum atomic E-state index is 9.29. The Balaban J connectivity index is 2.19. The molecule has 4 nitrogen and oxygen atoms in total. The lowest BCUT2D eigenvalue weighted by Gasteiger charge is -2.27. The predicted octanol–water partition coefficient (Wildman–Crippen LogP) is 1.69. The van der Waals surface area contributed by atoms with Crippen molar-refractivity contribution in [3.63, 3.8) is 0 Å². The lowest BCUT2D eigenvalue weighted by atomic mass is 9.99. The molecule has 0 aliphatic carbocycles. The lowest BCUT2D eigenvalue weighted by molar-refractivity contribution is 0.240. The highest BCUT2D eigenvalue weighted by atomic mass is 15.2. The van der Waals surface area contributed by atoms with Gasteiger partial charge in [-0.25, -0.2) is 0 Å². The molecule has 0 amide bonds. The number of likely N-dealkylation sites (tertiary alicyclic amines) is 1. The van der Waals surface area contributed by atoms with Crippen molar-refractivity contribution < 1.29 is 0 Å². The van der Waals surface area contributed by atoms with Gasteiger partial charge in [0.2, 0.25) is 0 Å². The van der Waals surface area contributed by atoms with Gasteiger partial charge in [0.15, 0.2) is 0 Å². The summed E-state index contributed by atoms with van der Waals surface area (Å²) in [4.78, 5) is 4.89. The van der Waals surface area contributed by atoms with E-state index in [1.807, 2.05) is 6.92 Å². The number of likely N-dealkylation sites (N-methyl/N-ethyl adjacent to an activating group) is 1. The molecule has 1 aliphatic heterocycles. The number of nitrogens with zero attached hydrogens (tertiary/aromatic N) is 3. The molecule has 1 heterocycles. The first-order valence-corrected chi connectivity index (χ1v) is 7.67. The van der Waals surface area contributed by atoms with Crippen LogP contribution in [0.2, 0.25) is 0 Å². The highest BCUT2D eigenvalue weighted by Crippen LogP contribution is 2.10. The Morgan fingerprint density at radius 1 is 1.32 bits per heavy atom. The first kappa shape index (κ1) is 16.4. The molecule has 0 aromatic heterocycles. The van der Waals surface area contributed by atoms with Crippen LogP contribution in [0.5, 0.6) is 0 Å². The minimum atomic E-state index is -0.377. The highest BCUT2D eigenvalue weighted by Gasteiger charge is 2.22. The van der Waals surface area contributed by atoms with Gasteiger partial charge in [0.25, 0.3) is 0 Å². The Morgan fingerprint density at radius 3 is 2.58 bits per heavy atom. The van der Waals surface area contributed by atoms with E-state index >= 15 is 0 Å². The van der Waals surface area contributed by atoms with Gasteiger partial charge < -0.3 is 9.80 Å². The van der Waals surface area contributed by atoms with E-state index in [0.717, 1.165) is 32.5 Å². The Labute approximate surface area is 118 Å². The van der Waals surface area contributed by atoms with Crippen molar-refractivity contribution in [2.75, 3.05) is 46.3 Å². The summed E-state index contributed by atoms with van der Waals surface area (Å²) >= 11 is 0. The smallest absolute Gasteiger partial charge is 0.105 e. The molecule has 19 heavy (non-hydrogen) atoms. The number of hydrogen-bond acceptors (Lipinski definition) is 4. The van der Waals surface area contributed by atoms with Crippen molar-refractivity contribution in [1.29, 1.82) is 5.26 Å². The van der Waals surface area contributed by atoms with Crippen molar-refractivity contribution in [2.45, 2.75) is 45.1 Å². The Bertz CT molecular complexity index is 280. The molecular formula is C15H30N4. The van der Waals surface area contributed by atoms with Crippen LogP contribution < -0.4 is 5.32 Å². The van der Waals surface area contributed by atoms with Crippen molar-refractivity contribution in [3.8, 4) is 6.07 Å². The van der Waals surface area contributed by atoms with Gasteiger partial charge in [-0.05, 0) is 59.3 Å². The summed E-state index contributed by atoms with van der Waals surface area (Å²) in [5.74, 6) is 0. The molecule has 1 N–H and O–H groups in total. The zero-order valence-corrected chi connectivity index (χ0v) is 12.9. The average Bonchev–Trinajstić information content (AvgIpc) is 2.94. The molecule has 0 aromatic carbocycles. The second-order valence-corrected chi connectivity index (χ2v) is 5.97. The Hall–Kier alpha value is -0.630. The monoisotopic (exact) mass is 266 g/mol. The lowest BCUT2D eigenvalue weighted by Crippen LogP contribution is -2.44. The van der Waals surface area contributed by atoms with Crippen molar-refractivity contribution in [1.82, 2.24) is 15.1 Å². The summed E-state index contributed by atoms with van der Waals surface area (Å²) in [5.41, 5.74) is -0.377. The van der Waals surface area contributed by atoms with Crippen molar-refractivity contribution >= 4 is 0 Å². The van der Waals surface area contributed by atoms with Crippen LogP contribution >= 0.6 is 0 Å². The molecule has 1 rings (SSSR count). The molecule has 0 aromatic rings. The van der Waals surface area contributed by atoms with E-state index in [9.17, 15) is 5.26 Å². The molecule has 1 saturated heterocycles. The highest BCUT2D eigenvalue weighted by molar-refractivity contribution is 5.03. The van der Waals surface area contributed by atoms with Crippen LogP contribution in [-0.4, -0.2) is 61.7 Å². The zero-order valence-electron chi connectivity index (χ0n) is 12.9. The van der Waals surface area contributed by atoms with Crippen molar-refractivity contribution in [3.05, 3.63) is 0 Å². The minimum absolute atomic E-state index is 0.377. The summed E-state index contributed by atoms with van der Waals surface area (Å²) in [6.07, 6.45) is 4.68.